The monoisotopic (exact) mass is 270 g/mol. The molecule has 0 saturated carbocycles. The molecule has 4 heteroatoms. The molecule has 0 saturated heterocycles. The van der Waals surface area contributed by atoms with Crippen molar-refractivity contribution in [1.29, 1.82) is 0 Å². The molecule has 1 unspecified atom stereocenters. The van der Waals surface area contributed by atoms with Crippen LogP contribution in [-0.2, 0) is 11.2 Å². The Balaban J connectivity index is 2.19. The lowest BCUT2D eigenvalue weighted by Gasteiger charge is -2.18. The fourth-order valence-corrected chi connectivity index (χ4v) is 2.11. The van der Waals surface area contributed by atoms with E-state index in [0.717, 1.165) is 16.8 Å². The lowest BCUT2D eigenvalue weighted by Crippen LogP contribution is -2.16. The molecule has 0 aliphatic rings. The Labute approximate surface area is 118 Å². The summed E-state index contributed by atoms with van der Waals surface area (Å²) in [7, 11) is 0. The van der Waals surface area contributed by atoms with E-state index in [9.17, 15) is 9.90 Å². The Morgan fingerprint density at radius 1 is 1.25 bits per heavy atom. The maximum atomic E-state index is 11.1. The smallest absolute Gasteiger partial charge is 0.221 e. The second kappa shape index (κ2) is 6.10. The number of phenolic OH excluding ortho intramolecular Hbond substituents is 1. The molecule has 20 heavy (non-hydrogen) atoms. The maximum Gasteiger partial charge on any atom is 0.221 e. The van der Waals surface area contributed by atoms with E-state index < -0.39 is 0 Å². The molecular weight excluding hydrogens is 252 g/mol. The van der Waals surface area contributed by atoms with Gasteiger partial charge in [-0.2, -0.15) is 0 Å². The number of anilines is 1. The molecule has 1 atom stereocenters. The summed E-state index contributed by atoms with van der Waals surface area (Å²) in [5, 5.41) is 12.9. The van der Waals surface area contributed by atoms with Crippen molar-refractivity contribution in [3.8, 4) is 5.75 Å². The number of carbonyl (C=O) groups is 1. The van der Waals surface area contributed by atoms with Crippen molar-refractivity contribution in [2.24, 2.45) is 5.73 Å². The minimum absolute atomic E-state index is 0.0103. The number of amides is 1. The Morgan fingerprint density at radius 3 is 2.70 bits per heavy atom. The Morgan fingerprint density at radius 2 is 2.00 bits per heavy atom. The van der Waals surface area contributed by atoms with Gasteiger partial charge in [-0.15, -0.1) is 0 Å². The zero-order valence-electron chi connectivity index (χ0n) is 11.3. The van der Waals surface area contributed by atoms with Crippen LogP contribution in [0.25, 0.3) is 0 Å². The van der Waals surface area contributed by atoms with Gasteiger partial charge >= 0.3 is 0 Å². The SMILES string of the molecule is CC(Nc1ccccc1CC(N)=O)c1cccc(O)c1. The van der Waals surface area contributed by atoms with Crippen LogP contribution in [0.2, 0.25) is 0 Å². The second-order valence-corrected chi connectivity index (χ2v) is 4.76. The Hall–Kier alpha value is -2.49. The number of benzene rings is 2. The van der Waals surface area contributed by atoms with Gasteiger partial charge in [0.05, 0.1) is 6.42 Å². The van der Waals surface area contributed by atoms with Crippen LogP contribution >= 0.6 is 0 Å². The zero-order valence-corrected chi connectivity index (χ0v) is 11.3. The van der Waals surface area contributed by atoms with Crippen molar-refractivity contribution in [1.82, 2.24) is 0 Å². The van der Waals surface area contributed by atoms with Gasteiger partial charge in [0.15, 0.2) is 0 Å². The van der Waals surface area contributed by atoms with E-state index >= 15 is 0 Å². The highest BCUT2D eigenvalue weighted by molar-refractivity contribution is 5.78. The van der Waals surface area contributed by atoms with Crippen LogP contribution in [-0.4, -0.2) is 11.0 Å². The number of nitrogens with two attached hydrogens (primary N) is 1. The number of carbonyl (C=O) groups excluding carboxylic acids is 1. The van der Waals surface area contributed by atoms with E-state index in [-0.39, 0.29) is 24.1 Å². The predicted octanol–water partition coefficient (Wildman–Crippen LogP) is 2.59. The van der Waals surface area contributed by atoms with Crippen LogP contribution in [0.5, 0.6) is 5.75 Å². The molecule has 0 fully saturated rings. The molecule has 1 amide bonds. The minimum atomic E-state index is -0.357. The van der Waals surface area contributed by atoms with Gasteiger partial charge in [0.25, 0.3) is 0 Å². The molecule has 2 aromatic carbocycles. The highest BCUT2D eigenvalue weighted by atomic mass is 16.3. The molecule has 2 rings (SSSR count). The largest absolute Gasteiger partial charge is 0.508 e. The normalized spacial score (nSPS) is 11.8. The van der Waals surface area contributed by atoms with E-state index in [2.05, 4.69) is 5.32 Å². The van der Waals surface area contributed by atoms with Gasteiger partial charge in [0.1, 0.15) is 5.75 Å². The standard InChI is InChI=1S/C16H18N2O2/c1-11(12-6-4-7-14(19)9-12)18-15-8-3-2-5-13(15)10-16(17)20/h2-9,11,18-19H,10H2,1H3,(H2,17,20). The molecule has 0 bridgehead atoms. The first-order valence-electron chi connectivity index (χ1n) is 6.48. The third-order valence-electron chi connectivity index (χ3n) is 3.12. The molecule has 104 valence electrons. The summed E-state index contributed by atoms with van der Waals surface area (Å²) in [6, 6.07) is 14.7. The van der Waals surface area contributed by atoms with E-state index in [1.807, 2.05) is 37.3 Å². The van der Waals surface area contributed by atoms with Gasteiger partial charge in [0.2, 0.25) is 5.91 Å². The van der Waals surface area contributed by atoms with E-state index in [1.54, 1.807) is 18.2 Å². The van der Waals surface area contributed by atoms with E-state index in [0.29, 0.717) is 0 Å². The summed E-state index contributed by atoms with van der Waals surface area (Å²) in [4.78, 5) is 11.1. The Bertz CT molecular complexity index is 611. The first-order valence-corrected chi connectivity index (χ1v) is 6.48. The third kappa shape index (κ3) is 3.51. The van der Waals surface area contributed by atoms with Crippen molar-refractivity contribution < 1.29 is 9.90 Å². The number of rotatable bonds is 5. The molecule has 0 spiro atoms. The van der Waals surface area contributed by atoms with Gasteiger partial charge in [-0.05, 0) is 36.2 Å². The molecule has 0 heterocycles. The summed E-state index contributed by atoms with van der Waals surface area (Å²) >= 11 is 0. The number of primary amides is 1. The number of hydrogen-bond acceptors (Lipinski definition) is 3. The summed E-state index contributed by atoms with van der Waals surface area (Å²) in [5.74, 6) is -0.120. The maximum absolute atomic E-state index is 11.1. The molecular formula is C16H18N2O2. The van der Waals surface area contributed by atoms with Crippen molar-refractivity contribution in [2.45, 2.75) is 19.4 Å². The first kappa shape index (κ1) is 13.9. The van der Waals surface area contributed by atoms with Crippen LogP contribution < -0.4 is 11.1 Å². The van der Waals surface area contributed by atoms with Crippen LogP contribution in [0.3, 0.4) is 0 Å². The summed E-state index contributed by atoms with van der Waals surface area (Å²) in [6.45, 7) is 2.00. The molecule has 4 N–H and O–H groups in total. The van der Waals surface area contributed by atoms with Crippen molar-refractivity contribution in [3.05, 3.63) is 59.7 Å². The third-order valence-corrected chi connectivity index (χ3v) is 3.12. The molecule has 0 aliphatic heterocycles. The fraction of sp³-hybridized carbons (Fsp3) is 0.188. The van der Waals surface area contributed by atoms with E-state index in [1.165, 1.54) is 0 Å². The first-order chi connectivity index (χ1) is 9.56. The number of hydrogen-bond donors (Lipinski definition) is 3. The highest BCUT2D eigenvalue weighted by Crippen LogP contribution is 2.24. The van der Waals surface area contributed by atoms with Crippen LogP contribution in [0, 0.1) is 0 Å². The topological polar surface area (TPSA) is 75.3 Å². The predicted molar refractivity (Wildman–Crippen MR) is 79.5 cm³/mol. The van der Waals surface area contributed by atoms with E-state index in [4.69, 9.17) is 5.73 Å². The minimum Gasteiger partial charge on any atom is -0.508 e. The molecule has 2 aromatic rings. The summed E-state index contributed by atoms with van der Waals surface area (Å²) in [6.07, 6.45) is 0.204. The molecule has 0 aromatic heterocycles. The quantitative estimate of drug-likeness (QED) is 0.781. The van der Waals surface area contributed by atoms with Crippen molar-refractivity contribution in [3.63, 3.8) is 0 Å². The lowest BCUT2D eigenvalue weighted by molar-refractivity contribution is -0.117. The molecule has 0 aliphatic carbocycles. The molecule has 0 radical (unpaired) electrons. The average Bonchev–Trinajstić information content (AvgIpc) is 2.40. The number of aromatic hydroxyl groups is 1. The van der Waals surface area contributed by atoms with Gasteiger partial charge in [0, 0.05) is 11.7 Å². The number of nitrogens with one attached hydrogen (secondary N) is 1. The summed E-state index contributed by atoms with van der Waals surface area (Å²) in [5.41, 5.74) is 7.97. The van der Waals surface area contributed by atoms with Gasteiger partial charge in [-0.25, -0.2) is 0 Å². The Kier molecular flexibility index (Phi) is 4.25. The zero-order chi connectivity index (χ0) is 14.5. The van der Waals surface area contributed by atoms with Crippen LogP contribution in [0.4, 0.5) is 5.69 Å². The van der Waals surface area contributed by atoms with Crippen molar-refractivity contribution in [2.75, 3.05) is 5.32 Å². The van der Waals surface area contributed by atoms with Crippen LogP contribution in [0.1, 0.15) is 24.1 Å². The fourth-order valence-electron chi connectivity index (χ4n) is 2.11. The average molecular weight is 270 g/mol. The van der Waals surface area contributed by atoms with Crippen LogP contribution in [0.15, 0.2) is 48.5 Å². The summed E-state index contributed by atoms with van der Waals surface area (Å²) < 4.78 is 0. The van der Waals surface area contributed by atoms with Crippen molar-refractivity contribution >= 4 is 11.6 Å². The number of para-hydroxylation sites is 1. The second-order valence-electron chi connectivity index (χ2n) is 4.76. The number of phenols is 1. The van der Waals surface area contributed by atoms with Gasteiger partial charge < -0.3 is 16.2 Å². The van der Waals surface area contributed by atoms with Gasteiger partial charge in [-0.3, -0.25) is 4.79 Å². The molecule has 4 nitrogen and oxygen atoms in total. The highest BCUT2D eigenvalue weighted by Gasteiger charge is 2.10. The van der Waals surface area contributed by atoms with Gasteiger partial charge in [-0.1, -0.05) is 30.3 Å². The lowest BCUT2D eigenvalue weighted by atomic mass is 10.1.